The Hall–Kier alpha value is -0.770. The smallest absolute Gasteiger partial charge is 0.205 e. The molecule has 0 aliphatic heterocycles. The van der Waals surface area contributed by atoms with E-state index in [4.69, 9.17) is 5.84 Å². The summed E-state index contributed by atoms with van der Waals surface area (Å²) in [6, 6.07) is 0.409. The Morgan fingerprint density at radius 3 is 2.50 bits per heavy atom. The van der Waals surface area contributed by atoms with Gasteiger partial charge in [-0.3, -0.25) is 10.4 Å². The first-order valence-corrected chi connectivity index (χ1v) is 6.41. The number of aliphatic imine (C=N–C) groups is 1. The molecule has 96 valence electrons. The molecule has 0 saturated heterocycles. The van der Waals surface area contributed by atoms with Gasteiger partial charge in [-0.2, -0.15) is 0 Å². The Labute approximate surface area is 100 Å². The van der Waals surface area contributed by atoms with Crippen LogP contribution in [-0.4, -0.2) is 18.5 Å². The summed E-state index contributed by atoms with van der Waals surface area (Å²) in [4.78, 5) is 4.37. The molecule has 0 fully saturated rings. The highest BCUT2D eigenvalue weighted by Gasteiger charge is 2.08. The second kappa shape index (κ2) is 9.46. The minimum atomic E-state index is 0.409. The van der Waals surface area contributed by atoms with Crippen LogP contribution < -0.4 is 16.6 Å². The van der Waals surface area contributed by atoms with Crippen LogP contribution in [0.5, 0.6) is 0 Å². The largest absolute Gasteiger partial charge is 0.353 e. The summed E-state index contributed by atoms with van der Waals surface area (Å²) in [6.45, 7) is 9.64. The lowest BCUT2D eigenvalue weighted by atomic mass is 10.0. The van der Waals surface area contributed by atoms with Gasteiger partial charge in [-0.15, -0.1) is 0 Å². The van der Waals surface area contributed by atoms with Gasteiger partial charge in [0.15, 0.2) is 0 Å². The van der Waals surface area contributed by atoms with Crippen LogP contribution in [-0.2, 0) is 0 Å². The quantitative estimate of drug-likeness (QED) is 0.205. The zero-order valence-corrected chi connectivity index (χ0v) is 11.2. The molecule has 4 nitrogen and oxygen atoms in total. The van der Waals surface area contributed by atoms with E-state index in [-0.39, 0.29) is 0 Å². The fourth-order valence-electron chi connectivity index (χ4n) is 1.54. The Morgan fingerprint density at radius 2 is 2.00 bits per heavy atom. The van der Waals surface area contributed by atoms with Crippen LogP contribution in [0.4, 0.5) is 0 Å². The molecular formula is C12H28N4. The van der Waals surface area contributed by atoms with Crippen LogP contribution in [0, 0.1) is 5.92 Å². The van der Waals surface area contributed by atoms with Crippen LogP contribution in [0.3, 0.4) is 0 Å². The van der Waals surface area contributed by atoms with E-state index in [0.717, 1.165) is 31.7 Å². The molecule has 0 aromatic carbocycles. The average molecular weight is 228 g/mol. The predicted molar refractivity (Wildman–Crippen MR) is 71.2 cm³/mol. The van der Waals surface area contributed by atoms with Crippen molar-refractivity contribution >= 4 is 5.96 Å². The third-order valence-electron chi connectivity index (χ3n) is 2.75. The van der Waals surface area contributed by atoms with Gasteiger partial charge in [0, 0.05) is 12.6 Å². The van der Waals surface area contributed by atoms with Crippen molar-refractivity contribution in [1.29, 1.82) is 0 Å². The van der Waals surface area contributed by atoms with Crippen LogP contribution >= 0.6 is 0 Å². The van der Waals surface area contributed by atoms with Gasteiger partial charge < -0.3 is 5.32 Å². The summed E-state index contributed by atoms with van der Waals surface area (Å²) in [5.74, 6) is 6.87. The third-order valence-corrected chi connectivity index (χ3v) is 2.75. The maximum Gasteiger partial charge on any atom is 0.205 e. The van der Waals surface area contributed by atoms with Crippen LogP contribution in [0.1, 0.15) is 53.4 Å². The van der Waals surface area contributed by atoms with Crippen LogP contribution in [0.25, 0.3) is 0 Å². The predicted octanol–water partition coefficient (Wildman–Crippen LogP) is 2.02. The zero-order valence-electron chi connectivity index (χ0n) is 11.2. The minimum Gasteiger partial charge on any atom is -0.353 e. The highest BCUT2D eigenvalue weighted by molar-refractivity contribution is 5.79. The maximum atomic E-state index is 5.42. The number of nitrogens with zero attached hydrogens (tertiary/aromatic N) is 1. The van der Waals surface area contributed by atoms with Gasteiger partial charge in [-0.25, -0.2) is 5.84 Å². The van der Waals surface area contributed by atoms with Crippen molar-refractivity contribution in [2.24, 2.45) is 16.8 Å². The van der Waals surface area contributed by atoms with E-state index in [2.05, 4.69) is 43.4 Å². The van der Waals surface area contributed by atoms with Gasteiger partial charge in [0.25, 0.3) is 0 Å². The molecule has 0 heterocycles. The summed E-state index contributed by atoms with van der Waals surface area (Å²) in [7, 11) is 0. The molecule has 4 heteroatoms. The first kappa shape index (κ1) is 15.2. The van der Waals surface area contributed by atoms with Gasteiger partial charge in [-0.1, -0.05) is 33.6 Å². The molecule has 0 spiro atoms. The number of hydrogen-bond donors (Lipinski definition) is 3. The van der Waals surface area contributed by atoms with Gasteiger partial charge in [0.1, 0.15) is 0 Å². The maximum absolute atomic E-state index is 5.42. The molecule has 0 aromatic heterocycles. The highest BCUT2D eigenvalue weighted by Crippen LogP contribution is 2.09. The molecule has 0 aliphatic rings. The fraction of sp³-hybridized carbons (Fsp3) is 0.917. The molecule has 0 aromatic rings. The normalized spacial score (nSPS) is 15.7. The molecule has 4 N–H and O–H groups in total. The Balaban J connectivity index is 3.95. The number of unbranched alkanes of at least 4 members (excludes halogenated alkanes) is 1. The van der Waals surface area contributed by atoms with Gasteiger partial charge >= 0.3 is 0 Å². The second-order valence-corrected chi connectivity index (χ2v) is 4.52. The summed E-state index contributed by atoms with van der Waals surface area (Å²) in [6.07, 6.45) is 4.62. The summed E-state index contributed by atoms with van der Waals surface area (Å²) >= 11 is 0. The standard InChI is InChI=1S/C12H28N4/c1-5-7-8-14-12(16-13)15-11(4)9-10(3)6-2/h10-11H,5-9,13H2,1-4H3,(H2,14,15,16). The molecule has 0 amide bonds. The topological polar surface area (TPSA) is 62.4 Å². The fourth-order valence-corrected chi connectivity index (χ4v) is 1.54. The molecule has 0 rings (SSSR count). The summed E-state index contributed by atoms with van der Waals surface area (Å²) < 4.78 is 0. The van der Waals surface area contributed by atoms with Crippen molar-refractivity contribution in [3.63, 3.8) is 0 Å². The van der Waals surface area contributed by atoms with E-state index in [9.17, 15) is 0 Å². The second-order valence-electron chi connectivity index (χ2n) is 4.52. The van der Waals surface area contributed by atoms with Crippen molar-refractivity contribution < 1.29 is 0 Å². The van der Waals surface area contributed by atoms with E-state index in [1.807, 2.05) is 0 Å². The Morgan fingerprint density at radius 1 is 1.31 bits per heavy atom. The van der Waals surface area contributed by atoms with Crippen molar-refractivity contribution in [3.05, 3.63) is 0 Å². The number of hydrazine groups is 1. The third kappa shape index (κ3) is 7.51. The van der Waals surface area contributed by atoms with Gasteiger partial charge in [0.2, 0.25) is 5.96 Å². The first-order chi connectivity index (χ1) is 7.63. The van der Waals surface area contributed by atoms with E-state index in [1.54, 1.807) is 0 Å². The monoisotopic (exact) mass is 228 g/mol. The number of rotatable bonds is 7. The lowest BCUT2D eigenvalue weighted by Crippen LogP contribution is -2.46. The molecular weight excluding hydrogens is 200 g/mol. The number of nitrogens with one attached hydrogen (secondary N) is 2. The number of nitrogens with two attached hydrogens (primary N) is 1. The molecule has 16 heavy (non-hydrogen) atoms. The summed E-state index contributed by atoms with van der Waals surface area (Å²) in [5.41, 5.74) is 2.62. The molecule has 0 saturated carbocycles. The van der Waals surface area contributed by atoms with Crippen LogP contribution in [0.2, 0.25) is 0 Å². The minimum absolute atomic E-state index is 0.409. The Bertz CT molecular complexity index is 191. The average Bonchev–Trinajstić information content (AvgIpc) is 2.27. The SMILES string of the molecule is CCCCN=C(NN)NC(C)CC(C)CC. The van der Waals surface area contributed by atoms with Crippen molar-refractivity contribution in [2.45, 2.75) is 59.4 Å². The van der Waals surface area contributed by atoms with E-state index >= 15 is 0 Å². The van der Waals surface area contributed by atoms with E-state index < -0.39 is 0 Å². The van der Waals surface area contributed by atoms with Crippen molar-refractivity contribution in [2.75, 3.05) is 6.54 Å². The molecule has 2 atom stereocenters. The first-order valence-electron chi connectivity index (χ1n) is 6.41. The van der Waals surface area contributed by atoms with Gasteiger partial charge in [0.05, 0.1) is 0 Å². The number of hydrogen-bond acceptors (Lipinski definition) is 2. The molecule has 0 bridgehead atoms. The molecule has 0 aliphatic carbocycles. The van der Waals surface area contributed by atoms with E-state index in [1.165, 1.54) is 6.42 Å². The Kier molecular flexibility index (Phi) is 9.00. The van der Waals surface area contributed by atoms with Crippen molar-refractivity contribution in [1.82, 2.24) is 10.7 Å². The zero-order chi connectivity index (χ0) is 12.4. The highest BCUT2D eigenvalue weighted by atomic mass is 15.3. The van der Waals surface area contributed by atoms with Crippen LogP contribution in [0.15, 0.2) is 4.99 Å². The molecule has 0 radical (unpaired) electrons. The number of guanidine groups is 1. The summed E-state index contributed by atoms with van der Waals surface area (Å²) in [5, 5.41) is 3.30. The van der Waals surface area contributed by atoms with Gasteiger partial charge in [-0.05, 0) is 25.7 Å². The van der Waals surface area contributed by atoms with E-state index in [0.29, 0.717) is 12.0 Å². The lowest BCUT2D eigenvalue weighted by Gasteiger charge is -2.19. The molecule has 2 unspecified atom stereocenters. The lowest BCUT2D eigenvalue weighted by molar-refractivity contribution is 0.445. The van der Waals surface area contributed by atoms with Crippen molar-refractivity contribution in [3.8, 4) is 0 Å².